The molecule has 0 bridgehead atoms. The summed E-state index contributed by atoms with van der Waals surface area (Å²) in [6.07, 6.45) is 2.63. The number of hydrogen-bond acceptors (Lipinski definition) is 3. The molecule has 0 aromatic carbocycles. The second kappa shape index (κ2) is 8.97. The van der Waals surface area contributed by atoms with Crippen LogP contribution in [-0.2, 0) is 4.79 Å². The van der Waals surface area contributed by atoms with E-state index in [1.54, 1.807) is 0 Å². The molecule has 0 saturated heterocycles. The van der Waals surface area contributed by atoms with E-state index in [1.807, 2.05) is 13.8 Å². The highest BCUT2D eigenvalue weighted by Crippen LogP contribution is 2.25. The largest absolute Gasteiger partial charge is 0.354 e. The summed E-state index contributed by atoms with van der Waals surface area (Å²) in [5, 5.41) is 2.96. The van der Waals surface area contributed by atoms with E-state index < -0.39 is 5.41 Å². The molecule has 1 rings (SSSR count). The first-order chi connectivity index (χ1) is 7.51. The number of amides is 1. The molecule has 1 saturated carbocycles. The van der Waals surface area contributed by atoms with Gasteiger partial charge in [0, 0.05) is 25.7 Å². The standard InChI is InChI=1S/C12H25N3O.2ClH/c1-4-15(10-5-6-10)8-7-14-11(16)12(2,3)9-13;;/h10H,4-9,13H2,1-3H3,(H,14,16);2*1H. The molecule has 0 aromatic heterocycles. The van der Waals surface area contributed by atoms with Crippen LogP contribution in [0.25, 0.3) is 0 Å². The van der Waals surface area contributed by atoms with Crippen molar-refractivity contribution in [3.63, 3.8) is 0 Å². The molecule has 0 spiro atoms. The predicted molar refractivity (Wildman–Crippen MR) is 80.6 cm³/mol. The number of likely N-dealkylation sites (N-methyl/N-ethyl adjacent to an activating group) is 1. The third-order valence-electron chi connectivity index (χ3n) is 3.28. The summed E-state index contributed by atoms with van der Waals surface area (Å²) in [6, 6.07) is 0.768. The molecule has 0 aliphatic heterocycles. The minimum atomic E-state index is -0.448. The van der Waals surface area contributed by atoms with E-state index in [0.29, 0.717) is 6.54 Å². The lowest BCUT2D eigenvalue weighted by Crippen LogP contribution is -2.44. The Morgan fingerprint density at radius 1 is 1.39 bits per heavy atom. The first kappa shape index (κ1) is 20.3. The van der Waals surface area contributed by atoms with Crippen molar-refractivity contribution in [2.24, 2.45) is 11.1 Å². The van der Waals surface area contributed by atoms with E-state index in [0.717, 1.165) is 25.7 Å². The summed E-state index contributed by atoms with van der Waals surface area (Å²) in [5.74, 6) is 0.0573. The molecule has 4 nitrogen and oxygen atoms in total. The van der Waals surface area contributed by atoms with E-state index >= 15 is 0 Å². The molecule has 0 aromatic rings. The first-order valence-corrected chi connectivity index (χ1v) is 6.23. The minimum absolute atomic E-state index is 0. The van der Waals surface area contributed by atoms with Crippen molar-refractivity contribution in [2.75, 3.05) is 26.2 Å². The van der Waals surface area contributed by atoms with Gasteiger partial charge >= 0.3 is 0 Å². The molecule has 0 radical (unpaired) electrons. The second-order valence-corrected chi connectivity index (χ2v) is 5.20. The average Bonchev–Trinajstić information content (AvgIpc) is 3.08. The lowest BCUT2D eigenvalue weighted by molar-refractivity contribution is -0.128. The normalized spacial score (nSPS) is 14.7. The molecular formula is C12H27Cl2N3O. The molecule has 6 heteroatoms. The van der Waals surface area contributed by atoms with Gasteiger partial charge in [-0.05, 0) is 33.2 Å². The molecular weight excluding hydrogens is 273 g/mol. The Bertz CT molecular complexity index is 245. The van der Waals surface area contributed by atoms with Crippen LogP contribution in [0.15, 0.2) is 0 Å². The number of nitrogens with zero attached hydrogens (tertiary/aromatic N) is 1. The van der Waals surface area contributed by atoms with Crippen LogP contribution in [0.5, 0.6) is 0 Å². The van der Waals surface area contributed by atoms with Crippen LogP contribution < -0.4 is 11.1 Å². The number of rotatable bonds is 7. The van der Waals surface area contributed by atoms with Crippen molar-refractivity contribution >= 4 is 30.7 Å². The molecule has 1 amide bonds. The molecule has 18 heavy (non-hydrogen) atoms. The molecule has 1 aliphatic rings. The van der Waals surface area contributed by atoms with Gasteiger partial charge in [-0.2, -0.15) is 0 Å². The number of carbonyl (C=O) groups is 1. The Morgan fingerprint density at radius 3 is 2.33 bits per heavy atom. The molecule has 0 atom stereocenters. The maximum Gasteiger partial charge on any atom is 0.226 e. The van der Waals surface area contributed by atoms with Gasteiger partial charge in [-0.1, -0.05) is 6.92 Å². The maximum absolute atomic E-state index is 11.7. The van der Waals surface area contributed by atoms with Crippen LogP contribution in [0.1, 0.15) is 33.6 Å². The fourth-order valence-electron chi connectivity index (χ4n) is 1.68. The molecule has 110 valence electrons. The fourth-order valence-corrected chi connectivity index (χ4v) is 1.68. The van der Waals surface area contributed by atoms with Gasteiger partial charge in [-0.3, -0.25) is 9.69 Å². The van der Waals surface area contributed by atoms with Gasteiger partial charge in [0.05, 0.1) is 5.41 Å². The van der Waals surface area contributed by atoms with E-state index in [9.17, 15) is 4.79 Å². The summed E-state index contributed by atoms with van der Waals surface area (Å²) in [6.45, 7) is 9.06. The number of nitrogens with one attached hydrogen (secondary N) is 1. The fraction of sp³-hybridized carbons (Fsp3) is 0.917. The molecule has 3 N–H and O–H groups in total. The number of carbonyl (C=O) groups excluding carboxylic acids is 1. The van der Waals surface area contributed by atoms with Crippen LogP contribution in [0.4, 0.5) is 0 Å². The Balaban J connectivity index is 0. The average molecular weight is 300 g/mol. The third kappa shape index (κ3) is 6.23. The smallest absolute Gasteiger partial charge is 0.226 e. The molecule has 1 fully saturated rings. The quantitative estimate of drug-likeness (QED) is 0.747. The van der Waals surface area contributed by atoms with Crippen molar-refractivity contribution in [3.8, 4) is 0 Å². The highest BCUT2D eigenvalue weighted by atomic mass is 35.5. The van der Waals surface area contributed by atoms with Crippen molar-refractivity contribution in [1.29, 1.82) is 0 Å². The van der Waals surface area contributed by atoms with Crippen LogP contribution in [0.2, 0.25) is 0 Å². The molecule has 1 aliphatic carbocycles. The van der Waals surface area contributed by atoms with Crippen molar-refractivity contribution in [2.45, 2.75) is 39.7 Å². The zero-order valence-electron chi connectivity index (χ0n) is 11.6. The summed E-state index contributed by atoms with van der Waals surface area (Å²) in [7, 11) is 0. The Hall–Kier alpha value is -0.0300. The van der Waals surface area contributed by atoms with Gasteiger partial charge in [-0.15, -0.1) is 24.8 Å². The van der Waals surface area contributed by atoms with E-state index in [1.165, 1.54) is 12.8 Å². The van der Waals surface area contributed by atoms with Gasteiger partial charge in [-0.25, -0.2) is 0 Å². The van der Waals surface area contributed by atoms with Crippen molar-refractivity contribution in [1.82, 2.24) is 10.2 Å². The molecule has 0 heterocycles. The van der Waals surface area contributed by atoms with E-state index in [2.05, 4.69) is 17.1 Å². The summed E-state index contributed by atoms with van der Waals surface area (Å²) >= 11 is 0. The summed E-state index contributed by atoms with van der Waals surface area (Å²) in [5.41, 5.74) is 5.10. The van der Waals surface area contributed by atoms with Gasteiger partial charge in [0.1, 0.15) is 0 Å². The van der Waals surface area contributed by atoms with Gasteiger partial charge in [0.15, 0.2) is 0 Å². The van der Waals surface area contributed by atoms with Gasteiger partial charge < -0.3 is 11.1 Å². The maximum atomic E-state index is 11.7. The third-order valence-corrected chi connectivity index (χ3v) is 3.28. The minimum Gasteiger partial charge on any atom is -0.354 e. The number of nitrogens with two attached hydrogens (primary N) is 1. The van der Waals surface area contributed by atoms with Gasteiger partial charge in [0.2, 0.25) is 5.91 Å². The second-order valence-electron chi connectivity index (χ2n) is 5.20. The van der Waals surface area contributed by atoms with Crippen molar-refractivity contribution in [3.05, 3.63) is 0 Å². The van der Waals surface area contributed by atoms with Gasteiger partial charge in [0.25, 0.3) is 0 Å². The summed E-state index contributed by atoms with van der Waals surface area (Å²) in [4.78, 5) is 14.2. The SMILES string of the molecule is CCN(CCNC(=O)C(C)(C)CN)C1CC1.Cl.Cl. The van der Waals surface area contributed by atoms with Crippen LogP contribution in [0, 0.1) is 5.41 Å². The lowest BCUT2D eigenvalue weighted by Gasteiger charge is -2.24. The van der Waals surface area contributed by atoms with E-state index in [-0.39, 0.29) is 30.7 Å². The Labute approximate surface area is 123 Å². The monoisotopic (exact) mass is 299 g/mol. The number of halogens is 2. The zero-order chi connectivity index (χ0) is 12.2. The number of hydrogen-bond donors (Lipinski definition) is 2. The lowest BCUT2D eigenvalue weighted by atomic mass is 9.93. The van der Waals surface area contributed by atoms with Crippen LogP contribution in [0.3, 0.4) is 0 Å². The predicted octanol–water partition coefficient (Wildman–Crippen LogP) is 1.42. The molecule has 0 unspecified atom stereocenters. The van der Waals surface area contributed by atoms with Crippen molar-refractivity contribution < 1.29 is 4.79 Å². The van der Waals surface area contributed by atoms with E-state index in [4.69, 9.17) is 5.73 Å². The Kier molecular flexibility index (Phi) is 10.1. The topological polar surface area (TPSA) is 58.4 Å². The zero-order valence-corrected chi connectivity index (χ0v) is 13.2. The first-order valence-electron chi connectivity index (χ1n) is 6.23. The summed E-state index contributed by atoms with van der Waals surface area (Å²) < 4.78 is 0. The van der Waals surface area contributed by atoms with Crippen LogP contribution in [-0.4, -0.2) is 43.0 Å². The highest BCUT2D eigenvalue weighted by Gasteiger charge is 2.28. The Morgan fingerprint density at radius 2 is 1.94 bits per heavy atom. The highest BCUT2D eigenvalue weighted by molar-refractivity contribution is 5.85. The van der Waals surface area contributed by atoms with Crippen LogP contribution >= 0.6 is 24.8 Å².